The molecular weight excluding hydrogens is 314 g/mol. The number of rotatable bonds is 8. The summed E-state index contributed by atoms with van der Waals surface area (Å²) < 4.78 is 17.3. The minimum atomic E-state index is 0.336. The molecule has 0 spiro atoms. The van der Waals surface area contributed by atoms with E-state index >= 15 is 0 Å². The quantitative estimate of drug-likeness (QED) is 0.792. The zero-order valence-corrected chi connectivity index (χ0v) is 15.1. The van der Waals surface area contributed by atoms with Gasteiger partial charge in [-0.15, -0.1) is 0 Å². The third-order valence-corrected chi connectivity index (χ3v) is 4.50. The molecule has 1 atom stereocenters. The third kappa shape index (κ3) is 4.97. The predicted octanol–water partition coefficient (Wildman–Crippen LogP) is 3.85. The predicted molar refractivity (Wildman–Crippen MR) is 99.2 cm³/mol. The smallest absolute Gasteiger partial charge is 0.166 e. The first-order valence-electron chi connectivity index (χ1n) is 8.93. The van der Waals surface area contributed by atoms with Gasteiger partial charge in [0, 0.05) is 25.3 Å². The van der Waals surface area contributed by atoms with Crippen molar-refractivity contribution in [3.63, 3.8) is 0 Å². The van der Waals surface area contributed by atoms with E-state index < -0.39 is 0 Å². The lowest BCUT2D eigenvalue weighted by Gasteiger charge is -2.17. The summed E-state index contributed by atoms with van der Waals surface area (Å²) in [5.41, 5.74) is 3.50. The Labute approximate surface area is 150 Å². The molecule has 134 valence electrons. The van der Waals surface area contributed by atoms with Gasteiger partial charge >= 0.3 is 0 Å². The highest BCUT2D eigenvalue weighted by molar-refractivity contribution is 5.46. The van der Waals surface area contributed by atoms with Gasteiger partial charge in [0.15, 0.2) is 11.5 Å². The van der Waals surface area contributed by atoms with E-state index in [2.05, 4.69) is 42.6 Å². The number of nitrogens with one attached hydrogen (secondary N) is 1. The van der Waals surface area contributed by atoms with Crippen molar-refractivity contribution in [3.05, 3.63) is 59.2 Å². The molecule has 3 rings (SSSR count). The summed E-state index contributed by atoms with van der Waals surface area (Å²) >= 11 is 0. The topological polar surface area (TPSA) is 39.7 Å². The fraction of sp³-hybridized carbons (Fsp3) is 0.429. The van der Waals surface area contributed by atoms with Crippen molar-refractivity contribution in [2.75, 3.05) is 20.3 Å². The van der Waals surface area contributed by atoms with Crippen LogP contribution in [0.5, 0.6) is 11.5 Å². The van der Waals surface area contributed by atoms with Crippen LogP contribution in [0.15, 0.2) is 42.5 Å². The fourth-order valence-electron chi connectivity index (χ4n) is 3.04. The molecule has 25 heavy (non-hydrogen) atoms. The Kier molecular flexibility index (Phi) is 6.31. The van der Waals surface area contributed by atoms with Crippen LogP contribution in [-0.4, -0.2) is 26.4 Å². The van der Waals surface area contributed by atoms with Crippen molar-refractivity contribution in [1.29, 1.82) is 0 Å². The van der Waals surface area contributed by atoms with Gasteiger partial charge in [0.1, 0.15) is 6.61 Å². The molecule has 2 aromatic rings. The van der Waals surface area contributed by atoms with E-state index in [1.165, 1.54) is 5.56 Å². The second-order valence-electron chi connectivity index (χ2n) is 6.49. The molecule has 1 aliphatic heterocycles. The van der Waals surface area contributed by atoms with Crippen molar-refractivity contribution in [1.82, 2.24) is 5.32 Å². The van der Waals surface area contributed by atoms with E-state index in [0.29, 0.717) is 12.7 Å². The lowest BCUT2D eigenvalue weighted by atomic mass is 10.1. The lowest BCUT2D eigenvalue weighted by molar-refractivity contribution is 0.110. The lowest BCUT2D eigenvalue weighted by Crippen LogP contribution is -2.26. The fourth-order valence-corrected chi connectivity index (χ4v) is 3.04. The Morgan fingerprint density at radius 1 is 1.16 bits per heavy atom. The van der Waals surface area contributed by atoms with Crippen LogP contribution in [0.3, 0.4) is 0 Å². The monoisotopic (exact) mass is 341 g/mol. The zero-order chi connectivity index (χ0) is 17.5. The van der Waals surface area contributed by atoms with Crippen LogP contribution >= 0.6 is 0 Å². The van der Waals surface area contributed by atoms with Crippen molar-refractivity contribution >= 4 is 0 Å². The van der Waals surface area contributed by atoms with Gasteiger partial charge < -0.3 is 19.5 Å². The maximum absolute atomic E-state index is 6.11. The number of benzene rings is 2. The number of hydrogen-bond donors (Lipinski definition) is 1. The summed E-state index contributed by atoms with van der Waals surface area (Å²) in [5.74, 6) is 1.58. The molecule has 1 heterocycles. The van der Waals surface area contributed by atoms with Crippen molar-refractivity contribution in [3.8, 4) is 11.5 Å². The summed E-state index contributed by atoms with van der Waals surface area (Å²) in [6.07, 6.45) is 2.64. The minimum Gasteiger partial charge on any atom is -0.493 e. The van der Waals surface area contributed by atoms with Gasteiger partial charge in [-0.3, -0.25) is 0 Å². The molecule has 0 saturated carbocycles. The highest BCUT2D eigenvalue weighted by Gasteiger charge is 2.16. The van der Waals surface area contributed by atoms with Crippen LogP contribution in [0.4, 0.5) is 0 Å². The molecule has 1 unspecified atom stereocenters. The van der Waals surface area contributed by atoms with Gasteiger partial charge in [0.25, 0.3) is 0 Å². The minimum absolute atomic E-state index is 0.336. The Hall–Kier alpha value is -2.04. The van der Waals surface area contributed by atoms with E-state index in [9.17, 15) is 0 Å². The van der Waals surface area contributed by atoms with Gasteiger partial charge in [-0.2, -0.15) is 0 Å². The molecule has 1 N–H and O–H groups in total. The highest BCUT2D eigenvalue weighted by atomic mass is 16.5. The second-order valence-corrected chi connectivity index (χ2v) is 6.49. The largest absolute Gasteiger partial charge is 0.493 e. The molecule has 2 aromatic carbocycles. The van der Waals surface area contributed by atoms with E-state index in [-0.39, 0.29) is 0 Å². The normalized spacial score (nSPS) is 16.8. The maximum Gasteiger partial charge on any atom is 0.166 e. The van der Waals surface area contributed by atoms with Gasteiger partial charge in [0.2, 0.25) is 0 Å². The molecule has 4 nitrogen and oxygen atoms in total. The number of ether oxygens (including phenoxy) is 3. The summed E-state index contributed by atoms with van der Waals surface area (Å²) in [5, 5.41) is 3.48. The van der Waals surface area contributed by atoms with Gasteiger partial charge in [-0.25, -0.2) is 0 Å². The van der Waals surface area contributed by atoms with Crippen LogP contribution in [0, 0.1) is 6.92 Å². The van der Waals surface area contributed by atoms with Crippen LogP contribution in [0.25, 0.3) is 0 Å². The third-order valence-electron chi connectivity index (χ3n) is 4.50. The number of aryl methyl sites for hydroxylation is 1. The molecular formula is C21H27NO3. The van der Waals surface area contributed by atoms with E-state index in [4.69, 9.17) is 14.2 Å². The SMILES string of the molecule is COc1cccc(CNCC2CCCO2)c1OCc1ccc(C)cc1. The van der Waals surface area contributed by atoms with Gasteiger partial charge in [-0.1, -0.05) is 42.0 Å². The molecule has 0 bridgehead atoms. The summed E-state index contributed by atoms with van der Waals surface area (Å²) in [6, 6.07) is 14.4. The maximum atomic E-state index is 6.11. The van der Waals surface area contributed by atoms with Crippen LogP contribution in [0.2, 0.25) is 0 Å². The Morgan fingerprint density at radius 2 is 2.00 bits per heavy atom. The second kappa shape index (κ2) is 8.88. The molecule has 1 fully saturated rings. The first-order chi connectivity index (χ1) is 12.3. The molecule has 0 radical (unpaired) electrons. The Bertz CT molecular complexity index is 663. The first kappa shape index (κ1) is 17.8. The molecule has 4 heteroatoms. The molecule has 0 aromatic heterocycles. The van der Waals surface area contributed by atoms with Gasteiger partial charge in [-0.05, 0) is 31.4 Å². The summed E-state index contributed by atoms with van der Waals surface area (Å²) in [7, 11) is 1.68. The Balaban J connectivity index is 1.64. The van der Waals surface area contributed by atoms with E-state index in [0.717, 1.165) is 55.2 Å². The number of hydrogen-bond acceptors (Lipinski definition) is 4. The number of para-hydroxylation sites is 1. The van der Waals surface area contributed by atoms with Crippen LogP contribution < -0.4 is 14.8 Å². The first-order valence-corrected chi connectivity index (χ1v) is 8.93. The molecule has 1 saturated heterocycles. The molecule has 0 aliphatic carbocycles. The van der Waals surface area contributed by atoms with Crippen molar-refractivity contribution in [2.24, 2.45) is 0 Å². The molecule has 0 amide bonds. The van der Waals surface area contributed by atoms with Crippen LogP contribution in [0.1, 0.15) is 29.5 Å². The number of methoxy groups -OCH3 is 1. The highest BCUT2D eigenvalue weighted by Crippen LogP contribution is 2.32. The average molecular weight is 341 g/mol. The Morgan fingerprint density at radius 3 is 2.72 bits per heavy atom. The van der Waals surface area contributed by atoms with E-state index in [1.807, 2.05) is 12.1 Å². The van der Waals surface area contributed by atoms with Crippen molar-refractivity contribution in [2.45, 2.75) is 39.0 Å². The standard InChI is InChI=1S/C21H27NO3/c1-16-8-10-17(11-9-16)15-25-21-18(5-3-7-20(21)23-2)13-22-14-19-6-4-12-24-19/h3,5,7-11,19,22H,4,6,12-15H2,1-2H3. The van der Waals surface area contributed by atoms with Crippen molar-refractivity contribution < 1.29 is 14.2 Å². The summed E-state index contributed by atoms with van der Waals surface area (Å²) in [4.78, 5) is 0. The van der Waals surface area contributed by atoms with Gasteiger partial charge in [0.05, 0.1) is 13.2 Å². The van der Waals surface area contributed by atoms with E-state index in [1.54, 1.807) is 7.11 Å². The molecule has 1 aliphatic rings. The zero-order valence-electron chi connectivity index (χ0n) is 15.1. The van der Waals surface area contributed by atoms with Crippen LogP contribution in [-0.2, 0) is 17.9 Å². The summed E-state index contributed by atoms with van der Waals surface area (Å²) in [6.45, 7) is 5.10. The average Bonchev–Trinajstić information content (AvgIpc) is 3.15.